The third kappa shape index (κ3) is 5.42. The number of hydrogen-bond donors (Lipinski definition) is 1. The highest BCUT2D eigenvalue weighted by Gasteiger charge is 2.26. The SMILES string of the molecule is C[C@H](OC(=O)CSc1cnc2ccccc2n1)C(=O)N[C@@H]1CCCC[C@H]1C. The van der Waals surface area contributed by atoms with Crippen molar-refractivity contribution in [1.82, 2.24) is 15.3 Å². The van der Waals surface area contributed by atoms with E-state index < -0.39 is 12.1 Å². The van der Waals surface area contributed by atoms with Crippen LogP contribution in [-0.2, 0) is 14.3 Å². The van der Waals surface area contributed by atoms with E-state index in [9.17, 15) is 9.59 Å². The number of hydrogen-bond acceptors (Lipinski definition) is 6. The highest BCUT2D eigenvalue weighted by molar-refractivity contribution is 7.99. The molecule has 1 aromatic carbocycles. The number of thioether (sulfide) groups is 1. The van der Waals surface area contributed by atoms with Crippen LogP contribution in [0.2, 0.25) is 0 Å². The highest BCUT2D eigenvalue weighted by Crippen LogP contribution is 2.24. The molecule has 0 radical (unpaired) electrons. The van der Waals surface area contributed by atoms with Gasteiger partial charge in [-0.15, -0.1) is 0 Å². The molecule has 27 heavy (non-hydrogen) atoms. The van der Waals surface area contributed by atoms with Crippen LogP contribution < -0.4 is 5.32 Å². The van der Waals surface area contributed by atoms with Gasteiger partial charge in [0.15, 0.2) is 6.10 Å². The van der Waals surface area contributed by atoms with E-state index in [0.29, 0.717) is 10.9 Å². The molecule has 0 bridgehead atoms. The molecule has 0 spiro atoms. The number of benzene rings is 1. The average molecular weight is 388 g/mol. The van der Waals surface area contributed by atoms with Gasteiger partial charge in [0.25, 0.3) is 5.91 Å². The quantitative estimate of drug-likeness (QED) is 0.605. The topological polar surface area (TPSA) is 81.2 Å². The van der Waals surface area contributed by atoms with Gasteiger partial charge < -0.3 is 10.1 Å². The minimum Gasteiger partial charge on any atom is -0.452 e. The van der Waals surface area contributed by atoms with Gasteiger partial charge in [0, 0.05) is 6.04 Å². The summed E-state index contributed by atoms with van der Waals surface area (Å²) in [6.45, 7) is 3.77. The van der Waals surface area contributed by atoms with Crippen LogP contribution in [0.15, 0.2) is 35.5 Å². The summed E-state index contributed by atoms with van der Waals surface area (Å²) in [4.78, 5) is 33.2. The van der Waals surface area contributed by atoms with Crippen molar-refractivity contribution in [2.45, 2.75) is 56.7 Å². The largest absolute Gasteiger partial charge is 0.452 e. The molecule has 1 heterocycles. The molecule has 0 unspecified atom stereocenters. The number of aromatic nitrogens is 2. The monoisotopic (exact) mass is 387 g/mol. The summed E-state index contributed by atoms with van der Waals surface area (Å²) in [5.74, 6) is -0.107. The summed E-state index contributed by atoms with van der Waals surface area (Å²) < 4.78 is 5.28. The average Bonchev–Trinajstić information content (AvgIpc) is 2.68. The molecule has 2 aromatic rings. The van der Waals surface area contributed by atoms with Gasteiger partial charge in [0.1, 0.15) is 5.03 Å². The van der Waals surface area contributed by atoms with Gasteiger partial charge in [-0.25, -0.2) is 4.98 Å². The van der Waals surface area contributed by atoms with Crippen LogP contribution in [0.5, 0.6) is 0 Å². The number of carbonyl (C=O) groups is 2. The summed E-state index contributed by atoms with van der Waals surface area (Å²) in [6.07, 6.45) is 5.31. The Morgan fingerprint density at radius 3 is 2.78 bits per heavy atom. The number of nitrogens with zero attached hydrogens (tertiary/aromatic N) is 2. The molecule has 1 aromatic heterocycles. The van der Waals surface area contributed by atoms with Gasteiger partial charge in [0.2, 0.25) is 0 Å². The number of carbonyl (C=O) groups excluding carboxylic acids is 2. The Bertz CT molecular complexity index is 814. The van der Waals surface area contributed by atoms with E-state index in [1.807, 2.05) is 24.3 Å². The first kappa shape index (κ1) is 19.6. The van der Waals surface area contributed by atoms with E-state index in [0.717, 1.165) is 30.3 Å². The van der Waals surface area contributed by atoms with Crippen molar-refractivity contribution in [1.29, 1.82) is 0 Å². The number of rotatable bonds is 6. The van der Waals surface area contributed by atoms with Gasteiger partial charge in [-0.2, -0.15) is 0 Å². The molecule has 0 aliphatic heterocycles. The Kier molecular flexibility index (Phi) is 6.66. The second kappa shape index (κ2) is 9.17. The van der Waals surface area contributed by atoms with E-state index in [2.05, 4.69) is 22.2 Å². The van der Waals surface area contributed by atoms with Crippen molar-refractivity contribution < 1.29 is 14.3 Å². The van der Waals surface area contributed by atoms with Crippen LogP contribution in [0, 0.1) is 5.92 Å². The van der Waals surface area contributed by atoms with Gasteiger partial charge in [-0.3, -0.25) is 14.6 Å². The zero-order valence-corrected chi connectivity index (χ0v) is 16.5. The fourth-order valence-electron chi connectivity index (χ4n) is 3.26. The van der Waals surface area contributed by atoms with Gasteiger partial charge >= 0.3 is 5.97 Å². The summed E-state index contributed by atoms with van der Waals surface area (Å²) in [5.41, 5.74) is 1.59. The lowest BCUT2D eigenvalue weighted by molar-refractivity contribution is -0.152. The Balaban J connectivity index is 1.46. The first-order chi connectivity index (χ1) is 13.0. The molecule has 1 saturated carbocycles. The van der Waals surface area contributed by atoms with Gasteiger partial charge in [-0.05, 0) is 37.8 Å². The smallest absolute Gasteiger partial charge is 0.317 e. The fraction of sp³-hybridized carbons (Fsp3) is 0.500. The van der Waals surface area contributed by atoms with Crippen molar-refractivity contribution in [2.75, 3.05) is 5.75 Å². The van der Waals surface area contributed by atoms with Gasteiger partial charge in [0.05, 0.1) is 23.0 Å². The van der Waals surface area contributed by atoms with Crippen molar-refractivity contribution in [3.05, 3.63) is 30.5 Å². The van der Waals surface area contributed by atoms with Crippen LogP contribution in [-0.4, -0.2) is 39.7 Å². The summed E-state index contributed by atoms with van der Waals surface area (Å²) in [5, 5.41) is 3.67. The fourth-order valence-corrected chi connectivity index (χ4v) is 3.88. The molecule has 144 valence electrons. The molecule has 3 atom stereocenters. The molecule has 1 aliphatic rings. The van der Waals surface area contributed by atoms with E-state index in [1.54, 1.807) is 13.1 Å². The predicted octanol–water partition coefficient (Wildman–Crippen LogP) is 3.35. The molecule has 1 N–H and O–H groups in total. The van der Waals surface area contributed by atoms with Crippen LogP contribution in [0.1, 0.15) is 39.5 Å². The van der Waals surface area contributed by atoms with Crippen LogP contribution >= 0.6 is 11.8 Å². The Morgan fingerprint density at radius 1 is 1.26 bits per heavy atom. The molecule has 7 heteroatoms. The van der Waals surface area contributed by atoms with Crippen molar-refractivity contribution in [3.8, 4) is 0 Å². The first-order valence-electron chi connectivity index (χ1n) is 9.37. The lowest BCUT2D eigenvalue weighted by Gasteiger charge is -2.30. The van der Waals surface area contributed by atoms with Crippen LogP contribution in [0.4, 0.5) is 0 Å². The molecular weight excluding hydrogens is 362 g/mol. The zero-order chi connectivity index (χ0) is 19.2. The molecular formula is C20H25N3O3S. The van der Waals surface area contributed by atoms with E-state index in [4.69, 9.17) is 4.74 Å². The summed E-state index contributed by atoms with van der Waals surface area (Å²) in [7, 11) is 0. The maximum absolute atomic E-state index is 12.3. The normalized spacial score (nSPS) is 20.8. The molecule has 6 nitrogen and oxygen atoms in total. The lowest BCUT2D eigenvalue weighted by Crippen LogP contribution is -2.46. The van der Waals surface area contributed by atoms with Crippen molar-refractivity contribution in [2.24, 2.45) is 5.92 Å². The van der Waals surface area contributed by atoms with E-state index in [-0.39, 0.29) is 17.7 Å². The maximum Gasteiger partial charge on any atom is 0.317 e. The molecule has 3 rings (SSSR count). The Morgan fingerprint density at radius 2 is 2.00 bits per heavy atom. The second-order valence-electron chi connectivity index (χ2n) is 6.99. The number of nitrogens with one attached hydrogen (secondary N) is 1. The van der Waals surface area contributed by atoms with Crippen LogP contribution in [0.25, 0.3) is 11.0 Å². The first-order valence-corrected chi connectivity index (χ1v) is 10.4. The Hall–Kier alpha value is -2.15. The predicted molar refractivity (Wildman–Crippen MR) is 105 cm³/mol. The Labute approximate surface area is 163 Å². The standard InChI is InChI=1S/C20H25N3O3S/c1-13-7-3-4-8-15(13)23-20(25)14(2)26-19(24)12-27-18-11-21-16-9-5-6-10-17(16)22-18/h5-6,9-11,13-15H,3-4,7-8,12H2,1-2H3,(H,23,25)/t13-,14+,15-/m1/s1. The van der Waals surface area contributed by atoms with E-state index in [1.165, 1.54) is 18.2 Å². The summed E-state index contributed by atoms with van der Waals surface area (Å²) >= 11 is 1.25. The third-order valence-corrected chi connectivity index (χ3v) is 5.75. The van der Waals surface area contributed by atoms with Gasteiger partial charge in [-0.1, -0.05) is 43.7 Å². The maximum atomic E-state index is 12.3. The zero-order valence-electron chi connectivity index (χ0n) is 15.7. The number of fused-ring (bicyclic) bond motifs is 1. The number of para-hydroxylation sites is 2. The van der Waals surface area contributed by atoms with Crippen molar-refractivity contribution >= 4 is 34.7 Å². The number of esters is 1. The lowest BCUT2D eigenvalue weighted by atomic mass is 9.86. The minimum absolute atomic E-state index is 0.0878. The van der Waals surface area contributed by atoms with E-state index >= 15 is 0 Å². The van der Waals surface area contributed by atoms with Crippen molar-refractivity contribution in [3.63, 3.8) is 0 Å². The minimum atomic E-state index is -0.796. The highest BCUT2D eigenvalue weighted by atomic mass is 32.2. The number of ether oxygens (including phenoxy) is 1. The molecule has 1 aliphatic carbocycles. The molecule has 0 saturated heterocycles. The number of amides is 1. The second-order valence-corrected chi connectivity index (χ2v) is 7.99. The molecule has 1 fully saturated rings. The summed E-state index contributed by atoms with van der Waals surface area (Å²) in [6, 6.07) is 7.74. The molecule has 1 amide bonds. The third-order valence-electron chi connectivity index (χ3n) is 4.88. The van der Waals surface area contributed by atoms with Crippen LogP contribution in [0.3, 0.4) is 0 Å².